The van der Waals surface area contributed by atoms with Gasteiger partial charge in [0.05, 0.1) is 6.20 Å². The van der Waals surface area contributed by atoms with Crippen LogP contribution in [0.5, 0.6) is 0 Å². The van der Waals surface area contributed by atoms with Crippen LogP contribution in [0.15, 0.2) is 20.8 Å². The van der Waals surface area contributed by atoms with Crippen molar-refractivity contribution in [2.24, 2.45) is 4.36 Å². The number of hydrogen-bond donors (Lipinski definition) is 3. The summed E-state index contributed by atoms with van der Waals surface area (Å²) in [5.41, 5.74) is 4.37. The first-order valence-electron chi connectivity index (χ1n) is 9.80. The summed E-state index contributed by atoms with van der Waals surface area (Å²) in [7, 11) is -3.56. The number of nitrogens with zero attached hydrogens (tertiary/aromatic N) is 3. The van der Waals surface area contributed by atoms with Crippen LogP contribution in [-0.4, -0.2) is 20.3 Å². The van der Waals surface area contributed by atoms with E-state index in [1.165, 1.54) is 17.3 Å². The molecule has 0 fully saturated rings. The number of aliphatic hydroxyl groups is 1. The Kier molecular flexibility index (Phi) is 5.30. The van der Waals surface area contributed by atoms with E-state index in [0.717, 1.165) is 66.7 Å². The van der Waals surface area contributed by atoms with Gasteiger partial charge in [0.15, 0.2) is 16.1 Å². The molecule has 0 aliphatic heterocycles. The Morgan fingerprint density at radius 2 is 1.90 bits per heavy atom. The third-order valence-corrected chi connectivity index (χ3v) is 8.86. The first-order valence-corrected chi connectivity index (χ1v) is 12.1. The van der Waals surface area contributed by atoms with Crippen LogP contribution < -0.4 is 10.0 Å². The van der Waals surface area contributed by atoms with Crippen LogP contribution in [0.3, 0.4) is 0 Å². The number of amides is 2. The predicted molar refractivity (Wildman–Crippen MR) is 114 cm³/mol. The van der Waals surface area contributed by atoms with Gasteiger partial charge in [-0.1, -0.05) is 6.07 Å². The molecule has 3 N–H and O–H groups in total. The minimum Gasteiger partial charge on any atom is -0.383 e. The first kappa shape index (κ1) is 20.8. The molecule has 0 spiro atoms. The molecule has 0 saturated heterocycles. The summed E-state index contributed by atoms with van der Waals surface area (Å²) in [6.07, 6.45) is 8.78. The van der Waals surface area contributed by atoms with E-state index in [1.807, 2.05) is 0 Å². The van der Waals surface area contributed by atoms with Crippen LogP contribution in [0.4, 0.5) is 10.5 Å². The van der Waals surface area contributed by atoms with Gasteiger partial charge < -0.3 is 10.4 Å². The third-order valence-electron chi connectivity index (χ3n) is 5.38. The number of aryl methyl sites for hydroxylation is 2. The number of hydrogen-bond acceptors (Lipinski definition) is 6. The Labute approximate surface area is 179 Å². The van der Waals surface area contributed by atoms with Gasteiger partial charge >= 0.3 is 6.03 Å². The predicted octanol–water partition coefficient (Wildman–Crippen LogP) is 3.39. The molecular weight excluding hydrogens is 422 g/mol. The molecule has 1 atom stereocenters. The van der Waals surface area contributed by atoms with Gasteiger partial charge in [-0.25, -0.2) is 18.7 Å². The number of nitriles is 1. The average Bonchev–Trinajstić information content (AvgIpc) is 3.41. The highest BCUT2D eigenvalue weighted by atomic mass is 32.2. The first-order chi connectivity index (χ1) is 14.2. The van der Waals surface area contributed by atoms with Crippen molar-refractivity contribution in [1.29, 1.82) is 5.26 Å². The molecule has 8 nitrogen and oxygen atoms in total. The van der Waals surface area contributed by atoms with Gasteiger partial charge in [0.25, 0.3) is 0 Å². The van der Waals surface area contributed by atoms with Crippen molar-refractivity contribution in [3.05, 3.63) is 39.5 Å². The van der Waals surface area contributed by atoms with Crippen LogP contribution in [0.2, 0.25) is 0 Å². The van der Waals surface area contributed by atoms with E-state index in [1.54, 1.807) is 20.0 Å². The van der Waals surface area contributed by atoms with Crippen molar-refractivity contribution in [3.8, 4) is 6.19 Å². The zero-order valence-electron chi connectivity index (χ0n) is 16.8. The van der Waals surface area contributed by atoms with Crippen LogP contribution >= 0.6 is 11.3 Å². The second-order valence-electron chi connectivity index (χ2n) is 8.04. The molecule has 0 bridgehead atoms. The molecule has 0 radical (unpaired) electrons. The average molecular weight is 446 g/mol. The molecule has 1 aromatic heterocycles. The molecule has 2 aliphatic carbocycles. The van der Waals surface area contributed by atoms with E-state index in [0.29, 0.717) is 5.01 Å². The monoisotopic (exact) mass is 445 g/mol. The van der Waals surface area contributed by atoms with E-state index < -0.39 is 21.5 Å². The van der Waals surface area contributed by atoms with Crippen LogP contribution in [-0.2, 0) is 41.2 Å². The van der Waals surface area contributed by atoms with E-state index in [-0.39, 0.29) is 4.21 Å². The van der Waals surface area contributed by atoms with Crippen molar-refractivity contribution in [2.75, 3.05) is 5.32 Å². The van der Waals surface area contributed by atoms with Crippen molar-refractivity contribution >= 4 is 33.0 Å². The zero-order chi connectivity index (χ0) is 21.5. The maximum atomic E-state index is 13.3. The highest BCUT2D eigenvalue weighted by molar-refractivity contribution is 7.94. The summed E-state index contributed by atoms with van der Waals surface area (Å²) in [5, 5.41) is 22.4. The lowest BCUT2D eigenvalue weighted by molar-refractivity contribution is 0.0783. The maximum absolute atomic E-state index is 13.3. The van der Waals surface area contributed by atoms with Gasteiger partial charge in [0, 0.05) is 5.69 Å². The number of thiazole rings is 1. The molecule has 158 valence electrons. The number of carbonyl (C=O) groups excluding carboxylic acids is 1. The van der Waals surface area contributed by atoms with Gasteiger partial charge in [0.1, 0.15) is 14.8 Å². The van der Waals surface area contributed by atoms with Crippen molar-refractivity contribution in [3.63, 3.8) is 0 Å². The topological polar surface area (TPSA) is 127 Å². The number of carbonyl (C=O) groups is 1. The summed E-state index contributed by atoms with van der Waals surface area (Å²) >= 11 is 0.951. The van der Waals surface area contributed by atoms with Gasteiger partial charge in [-0.05, 0) is 74.6 Å². The molecule has 0 unspecified atom stereocenters. The van der Waals surface area contributed by atoms with Crippen LogP contribution in [0.1, 0.15) is 54.0 Å². The normalized spacial score (nSPS) is 16.9. The molecule has 4 rings (SSSR count). The largest absolute Gasteiger partial charge is 0.383 e. The second kappa shape index (κ2) is 7.65. The van der Waals surface area contributed by atoms with E-state index in [2.05, 4.69) is 25.5 Å². The fraction of sp³-hybridized carbons (Fsp3) is 0.450. The number of fused-ring (bicyclic) bond motifs is 2. The number of anilines is 1. The fourth-order valence-electron chi connectivity index (χ4n) is 4.06. The Bertz CT molecular complexity index is 1150. The van der Waals surface area contributed by atoms with Gasteiger partial charge in [-0.2, -0.15) is 5.26 Å². The summed E-state index contributed by atoms with van der Waals surface area (Å²) in [5.74, 6) is 0. The molecule has 10 heteroatoms. The van der Waals surface area contributed by atoms with Gasteiger partial charge in [-0.3, -0.25) is 0 Å². The minimum atomic E-state index is -3.56. The summed E-state index contributed by atoms with van der Waals surface area (Å²) in [6, 6.07) is 1.49. The fourth-order valence-corrected chi connectivity index (χ4v) is 6.47. The number of aromatic nitrogens is 1. The molecule has 2 amide bonds. The Balaban J connectivity index is 1.70. The van der Waals surface area contributed by atoms with Crippen molar-refractivity contribution in [2.45, 2.75) is 62.2 Å². The van der Waals surface area contributed by atoms with Gasteiger partial charge in [0.2, 0.25) is 0 Å². The molecule has 2 aliphatic rings. The molecule has 2 aromatic rings. The molecule has 30 heavy (non-hydrogen) atoms. The Hall–Kier alpha value is -2.48. The van der Waals surface area contributed by atoms with E-state index in [4.69, 9.17) is 5.26 Å². The quantitative estimate of drug-likeness (QED) is 0.491. The van der Waals surface area contributed by atoms with Crippen LogP contribution in [0, 0.1) is 11.5 Å². The number of rotatable bonds is 4. The molecule has 1 heterocycles. The Morgan fingerprint density at radius 1 is 1.27 bits per heavy atom. The number of benzene rings is 1. The molecular formula is C20H23N5O3S2. The van der Waals surface area contributed by atoms with Crippen LogP contribution in [0.25, 0.3) is 0 Å². The van der Waals surface area contributed by atoms with E-state index >= 15 is 0 Å². The van der Waals surface area contributed by atoms with Gasteiger partial charge in [-0.15, -0.1) is 15.7 Å². The zero-order valence-corrected chi connectivity index (χ0v) is 18.5. The molecule has 0 saturated carbocycles. The molecule has 1 aromatic carbocycles. The lowest BCUT2D eigenvalue weighted by Crippen LogP contribution is -2.21. The second-order valence-corrected chi connectivity index (χ2v) is 11.2. The van der Waals surface area contributed by atoms with Crippen molar-refractivity contribution in [1.82, 2.24) is 9.71 Å². The lowest BCUT2D eigenvalue weighted by Gasteiger charge is -2.15. The highest BCUT2D eigenvalue weighted by Crippen LogP contribution is 2.38. The number of urea groups is 1. The highest BCUT2D eigenvalue weighted by Gasteiger charge is 2.27. The smallest absolute Gasteiger partial charge is 0.355 e. The minimum absolute atomic E-state index is 0.111. The summed E-state index contributed by atoms with van der Waals surface area (Å²) < 4.78 is 19.4. The van der Waals surface area contributed by atoms with E-state index in [9.17, 15) is 14.1 Å². The lowest BCUT2D eigenvalue weighted by atomic mass is 9.99. The number of nitrogens with one attached hydrogen (secondary N) is 2. The third kappa shape index (κ3) is 3.80. The van der Waals surface area contributed by atoms with Crippen molar-refractivity contribution < 1.29 is 14.1 Å². The standard InChI is InChI=1S/C20H23N5O3S2/c1-20(2,27)18-22-10-16(29-18)30(28,23-11-21)25-19(26)24-17-14-7-3-5-12(14)9-13-6-4-8-15(13)17/h9-10,27H,3-8H2,1-2H3,(H2,23,24,25,26,28)/t30-/m0/s1. The summed E-state index contributed by atoms with van der Waals surface area (Å²) in [6.45, 7) is 3.10. The summed E-state index contributed by atoms with van der Waals surface area (Å²) in [4.78, 5) is 16.9. The Morgan fingerprint density at radius 3 is 2.43 bits per heavy atom. The SMILES string of the molecule is CC(C)(O)c1ncc([S@@](=O)(=NC(=O)Nc2c3c(cc4c2CCC4)CCC3)NC#N)s1. The maximum Gasteiger partial charge on any atom is 0.355 e.